The molecule has 1 saturated heterocycles. The predicted molar refractivity (Wildman–Crippen MR) is 109 cm³/mol. The molecule has 0 unspecified atom stereocenters. The van der Waals surface area contributed by atoms with Crippen molar-refractivity contribution < 1.29 is 18.8 Å². The number of imide groups is 1. The van der Waals surface area contributed by atoms with Crippen molar-refractivity contribution in [1.29, 1.82) is 0 Å². The Hall–Kier alpha value is -2.61. The van der Waals surface area contributed by atoms with E-state index in [9.17, 15) is 18.8 Å². The number of nitrogens with zero attached hydrogens (tertiary/aromatic N) is 2. The molecular formula is C21H22FN3O3S. The van der Waals surface area contributed by atoms with Gasteiger partial charge < -0.3 is 5.32 Å². The summed E-state index contributed by atoms with van der Waals surface area (Å²) in [6.45, 7) is 3.89. The number of nitrogens with one attached hydrogen (secondary N) is 1. The van der Waals surface area contributed by atoms with E-state index >= 15 is 0 Å². The molecule has 3 amide bonds. The summed E-state index contributed by atoms with van der Waals surface area (Å²) >= 11 is 1.16. The second kappa shape index (κ2) is 7.67. The smallest absolute Gasteiger partial charge is 0.249 e. The van der Waals surface area contributed by atoms with Gasteiger partial charge in [0, 0.05) is 0 Å². The molecule has 1 aromatic carbocycles. The minimum atomic E-state index is -0.885. The fraction of sp³-hybridized carbons (Fsp3) is 0.429. The Bertz CT molecular complexity index is 990. The maximum Gasteiger partial charge on any atom is 0.249 e. The minimum absolute atomic E-state index is 0.108. The van der Waals surface area contributed by atoms with Crippen LogP contribution in [0.3, 0.4) is 0 Å². The standard InChI is InChI=1S/C21H22FN3O3S/c1-11(2)9-16(25-19(27)13-5-3-4-6-14(13)20(25)28)18(26)24-21-23-15-8-7-12(22)10-17(15)29-21/h3-4,7-8,10-11,13-14,16H,5-6,9H2,1-2H3,(H,23,24,26)/t13-,14-,16+/m0/s1. The monoisotopic (exact) mass is 415 g/mol. The van der Waals surface area contributed by atoms with E-state index in [-0.39, 0.29) is 35.4 Å². The fourth-order valence-electron chi connectivity index (χ4n) is 4.05. The molecule has 152 valence electrons. The topological polar surface area (TPSA) is 79.4 Å². The molecule has 4 rings (SSSR count). The predicted octanol–water partition coefficient (Wildman–Crippen LogP) is 3.74. The molecule has 3 atom stereocenters. The zero-order valence-electron chi connectivity index (χ0n) is 16.2. The van der Waals surface area contributed by atoms with Gasteiger partial charge in [-0.05, 0) is 43.4 Å². The number of aromatic nitrogens is 1. The molecule has 0 radical (unpaired) electrons. The first kappa shape index (κ1) is 19.7. The van der Waals surface area contributed by atoms with Crippen LogP contribution in [0.1, 0.15) is 33.1 Å². The fourth-order valence-corrected chi connectivity index (χ4v) is 4.94. The maximum atomic E-state index is 13.4. The van der Waals surface area contributed by atoms with Crippen molar-refractivity contribution >= 4 is 44.4 Å². The van der Waals surface area contributed by atoms with Crippen molar-refractivity contribution in [3.8, 4) is 0 Å². The number of likely N-dealkylation sites (tertiary alicyclic amines) is 1. The van der Waals surface area contributed by atoms with Crippen LogP contribution in [0, 0.1) is 23.6 Å². The van der Waals surface area contributed by atoms with E-state index in [1.165, 1.54) is 17.0 Å². The second-order valence-electron chi connectivity index (χ2n) is 7.97. The third-order valence-electron chi connectivity index (χ3n) is 5.43. The van der Waals surface area contributed by atoms with Crippen LogP contribution in [-0.4, -0.2) is 33.6 Å². The number of allylic oxidation sites excluding steroid dienone is 2. The first-order valence-corrected chi connectivity index (χ1v) is 10.6. The molecule has 0 spiro atoms. The summed E-state index contributed by atoms with van der Waals surface area (Å²) in [5.41, 5.74) is 0.581. The van der Waals surface area contributed by atoms with Crippen LogP contribution >= 0.6 is 11.3 Å². The Morgan fingerprint density at radius 1 is 1.24 bits per heavy atom. The van der Waals surface area contributed by atoms with E-state index in [0.29, 0.717) is 34.6 Å². The Morgan fingerprint density at radius 3 is 2.52 bits per heavy atom. The van der Waals surface area contributed by atoms with Crippen molar-refractivity contribution in [1.82, 2.24) is 9.88 Å². The lowest BCUT2D eigenvalue weighted by Crippen LogP contribution is -2.48. The third-order valence-corrected chi connectivity index (χ3v) is 6.36. The van der Waals surface area contributed by atoms with Gasteiger partial charge in [-0.25, -0.2) is 9.37 Å². The van der Waals surface area contributed by atoms with Gasteiger partial charge in [0.15, 0.2) is 5.13 Å². The Balaban J connectivity index is 1.59. The van der Waals surface area contributed by atoms with Crippen LogP contribution in [0.5, 0.6) is 0 Å². The highest BCUT2D eigenvalue weighted by Gasteiger charge is 2.51. The molecular weight excluding hydrogens is 393 g/mol. The highest BCUT2D eigenvalue weighted by Crippen LogP contribution is 2.37. The van der Waals surface area contributed by atoms with E-state index in [1.807, 2.05) is 26.0 Å². The summed E-state index contributed by atoms with van der Waals surface area (Å²) < 4.78 is 14.0. The SMILES string of the molecule is CC(C)C[C@H](C(=O)Nc1nc2ccc(F)cc2s1)N1C(=O)[C@H]2CC=CC[C@@H]2C1=O. The third kappa shape index (κ3) is 3.69. The minimum Gasteiger partial charge on any atom is -0.300 e. The molecule has 1 aromatic heterocycles. The van der Waals surface area contributed by atoms with Crippen molar-refractivity contribution in [2.45, 2.75) is 39.2 Å². The van der Waals surface area contributed by atoms with Gasteiger partial charge in [0.25, 0.3) is 0 Å². The highest BCUT2D eigenvalue weighted by molar-refractivity contribution is 7.22. The number of fused-ring (bicyclic) bond motifs is 2. The molecule has 1 fully saturated rings. The zero-order valence-corrected chi connectivity index (χ0v) is 17.0. The molecule has 1 aliphatic carbocycles. The Kier molecular flexibility index (Phi) is 5.21. The van der Waals surface area contributed by atoms with E-state index in [4.69, 9.17) is 0 Å². The lowest BCUT2D eigenvalue weighted by molar-refractivity contribution is -0.147. The van der Waals surface area contributed by atoms with Crippen LogP contribution in [-0.2, 0) is 14.4 Å². The molecule has 6 nitrogen and oxygen atoms in total. The van der Waals surface area contributed by atoms with Crippen LogP contribution in [0.4, 0.5) is 9.52 Å². The maximum absolute atomic E-state index is 13.4. The zero-order chi connectivity index (χ0) is 20.7. The summed E-state index contributed by atoms with van der Waals surface area (Å²) in [5, 5.41) is 3.06. The number of benzene rings is 1. The van der Waals surface area contributed by atoms with Crippen LogP contribution in [0.15, 0.2) is 30.4 Å². The molecule has 2 heterocycles. The number of hydrogen-bond donors (Lipinski definition) is 1. The average molecular weight is 415 g/mol. The van der Waals surface area contributed by atoms with Gasteiger partial charge in [-0.15, -0.1) is 0 Å². The molecule has 8 heteroatoms. The highest BCUT2D eigenvalue weighted by atomic mass is 32.1. The van der Waals surface area contributed by atoms with Crippen LogP contribution < -0.4 is 5.32 Å². The number of thiazole rings is 1. The van der Waals surface area contributed by atoms with Crippen LogP contribution in [0.2, 0.25) is 0 Å². The van der Waals surface area contributed by atoms with Crippen molar-refractivity contribution in [2.75, 3.05) is 5.32 Å². The number of amides is 3. The Labute approximate surface area is 171 Å². The Morgan fingerprint density at radius 2 is 1.90 bits per heavy atom. The number of rotatable bonds is 5. The molecule has 0 bridgehead atoms. The largest absolute Gasteiger partial charge is 0.300 e. The summed E-state index contributed by atoms with van der Waals surface area (Å²) in [4.78, 5) is 44.5. The van der Waals surface area contributed by atoms with E-state index < -0.39 is 11.9 Å². The van der Waals surface area contributed by atoms with E-state index in [0.717, 1.165) is 11.3 Å². The van der Waals surface area contributed by atoms with Crippen molar-refractivity contribution in [2.24, 2.45) is 17.8 Å². The van der Waals surface area contributed by atoms with E-state index in [2.05, 4.69) is 10.3 Å². The number of halogens is 1. The molecule has 29 heavy (non-hydrogen) atoms. The normalized spacial score (nSPS) is 22.4. The van der Waals surface area contributed by atoms with Gasteiger partial charge in [0.1, 0.15) is 11.9 Å². The first-order valence-electron chi connectivity index (χ1n) is 9.74. The molecule has 2 aliphatic rings. The summed E-state index contributed by atoms with van der Waals surface area (Å²) in [6.07, 6.45) is 5.29. The summed E-state index contributed by atoms with van der Waals surface area (Å²) in [5.74, 6) is -1.99. The van der Waals surface area contributed by atoms with E-state index in [1.54, 1.807) is 6.07 Å². The number of carbonyl (C=O) groups excluding carboxylic acids is 3. The van der Waals surface area contributed by atoms with Gasteiger partial charge in [-0.3, -0.25) is 19.3 Å². The number of carbonyl (C=O) groups is 3. The molecule has 1 N–H and O–H groups in total. The van der Waals surface area contributed by atoms with Crippen molar-refractivity contribution in [3.05, 3.63) is 36.2 Å². The summed E-state index contributed by atoms with van der Waals surface area (Å²) in [7, 11) is 0. The van der Waals surface area contributed by atoms with Crippen LogP contribution in [0.25, 0.3) is 10.2 Å². The van der Waals surface area contributed by atoms with Gasteiger partial charge in [-0.1, -0.05) is 37.3 Å². The lowest BCUT2D eigenvalue weighted by Gasteiger charge is -2.26. The van der Waals surface area contributed by atoms with Crippen molar-refractivity contribution in [3.63, 3.8) is 0 Å². The quantitative estimate of drug-likeness (QED) is 0.596. The molecule has 0 saturated carbocycles. The van der Waals surface area contributed by atoms with Gasteiger partial charge in [0.2, 0.25) is 17.7 Å². The summed E-state index contributed by atoms with van der Waals surface area (Å²) in [6, 6.07) is 3.34. The average Bonchev–Trinajstić information content (AvgIpc) is 3.18. The molecule has 2 aromatic rings. The van der Waals surface area contributed by atoms with Gasteiger partial charge in [0.05, 0.1) is 22.1 Å². The lowest BCUT2D eigenvalue weighted by atomic mass is 9.85. The number of hydrogen-bond acceptors (Lipinski definition) is 5. The second-order valence-corrected chi connectivity index (χ2v) is 9.00. The molecule has 1 aliphatic heterocycles. The first-order chi connectivity index (χ1) is 13.8. The number of anilines is 1. The van der Waals surface area contributed by atoms with Gasteiger partial charge >= 0.3 is 0 Å². The van der Waals surface area contributed by atoms with Gasteiger partial charge in [-0.2, -0.15) is 0 Å².